The number of carbonyl (C=O) groups is 1. The Labute approximate surface area is 213 Å². The second-order valence-corrected chi connectivity index (χ2v) is 10.1. The zero-order valence-electron chi connectivity index (χ0n) is 21.2. The van der Waals surface area contributed by atoms with E-state index >= 15 is 0 Å². The van der Waals surface area contributed by atoms with Gasteiger partial charge in [0, 0.05) is 18.7 Å². The molecule has 4 heterocycles. The predicted molar refractivity (Wildman–Crippen MR) is 127 cm³/mol. The molecule has 4 aliphatic heterocycles. The molecule has 0 radical (unpaired) electrons. The summed E-state index contributed by atoms with van der Waals surface area (Å²) in [7, 11) is 2.88. The van der Waals surface area contributed by atoms with Crippen LogP contribution in [-0.2, 0) is 30.8 Å². The van der Waals surface area contributed by atoms with Crippen molar-refractivity contribution in [1.29, 1.82) is 0 Å². The molecule has 5 atom stereocenters. The minimum Gasteiger partial charge on any atom is -0.504 e. The summed E-state index contributed by atoms with van der Waals surface area (Å²) in [5.74, 6) is -0.310. The van der Waals surface area contributed by atoms with E-state index in [2.05, 4.69) is 10.2 Å². The number of halogens is 3. The fourth-order valence-electron chi connectivity index (χ4n) is 7.06. The molecule has 5 rings (SSSR count). The predicted octanol–water partition coefficient (Wildman–Crippen LogP) is 3.29. The van der Waals surface area contributed by atoms with Crippen molar-refractivity contribution in [3.05, 3.63) is 35.1 Å². The molecule has 0 unspecified atom stereocenters. The van der Waals surface area contributed by atoms with Crippen molar-refractivity contribution in [1.82, 2.24) is 4.90 Å². The molecule has 37 heavy (non-hydrogen) atoms. The number of Topliss-reactive ketones (excluding diaryl/α,β-unsaturated/α-hetero) is 1. The number of rotatable bonds is 6. The van der Waals surface area contributed by atoms with Crippen LogP contribution in [0.4, 0.5) is 18.9 Å². The Morgan fingerprint density at radius 1 is 1.30 bits per heavy atom. The summed E-state index contributed by atoms with van der Waals surface area (Å²) in [6.45, 7) is 3.03. The molecule has 0 saturated carbocycles. The number of carbonyl (C=O) groups excluding carboxylic acids is 1. The number of hydrogen-bond donors (Lipinski definition) is 2. The Morgan fingerprint density at radius 2 is 2.05 bits per heavy atom. The molecule has 204 valence electrons. The molecule has 0 spiro atoms. The molecule has 8 nitrogen and oxygen atoms in total. The van der Waals surface area contributed by atoms with E-state index in [1.807, 2.05) is 6.92 Å². The average molecular weight is 527 g/mol. The first-order valence-corrected chi connectivity index (χ1v) is 12.6. The highest BCUT2D eigenvalue weighted by atomic mass is 19.4. The van der Waals surface area contributed by atoms with Gasteiger partial charge in [0.1, 0.15) is 18.0 Å². The maximum absolute atomic E-state index is 14.2. The van der Waals surface area contributed by atoms with Crippen LogP contribution in [-0.4, -0.2) is 74.7 Å². The van der Waals surface area contributed by atoms with Gasteiger partial charge in [-0.3, -0.25) is 9.69 Å². The van der Waals surface area contributed by atoms with Gasteiger partial charge in [-0.2, -0.15) is 13.2 Å². The van der Waals surface area contributed by atoms with Gasteiger partial charge in [-0.1, -0.05) is 13.3 Å². The Balaban J connectivity index is 1.66. The number of aliphatic hydroxyl groups excluding tert-OH is 1. The van der Waals surface area contributed by atoms with Crippen molar-refractivity contribution in [2.24, 2.45) is 11.8 Å². The van der Waals surface area contributed by atoms with Crippen molar-refractivity contribution in [2.45, 2.75) is 49.7 Å². The lowest BCUT2D eigenvalue weighted by Crippen LogP contribution is -2.75. The van der Waals surface area contributed by atoms with Crippen molar-refractivity contribution < 1.29 is 42.0 Å². The van der Waals surface area contributed by atoms with E-state index < -0.39 is 41.5 Å². The lowest BCUT2D eigenvalue weighted by molar-refractivity contribution is -0.297. The van der Waals surface area contributed by atoms with Gasteiger partial charge in [0.05, 0.1) is 56.6 Å². The van der Waals surface area contributed by atoms with Gasteiger partial charge >= 0.3 is 6.18 Å². The molecular weight excluding hydrogens is 493 g/mol. The third kappa shape index (κ3) is 3.77. The van der Waals surface area contributed by atoms with E-state index in [4.69, 9.17) is 18.9 Å². The third-order valence-corrected chi connectivity index (χ3v) is 8.58. The summed E-state index contributed by atoms with van der Waals surface area (Å²) in [6, 6.07) is 1.95. The van der Waals surface area contributed by atoms with Crippen LogP contribution in [0.25, 0.3) is 0 Å². The Morgan fingerprint density at radius 3 is 2.70 bits per heavy atom. The first-order valence-electron chi connectivity index (χ1n) is 12.6. The SMILES string of the molecule is CC[C@@H]1CN2CC[C@@]34OCCO[C@@]3(Nc3c(C(F)(F)F)ccc(OC)c34)[C@@H]2C[C@@H]1/C(=C\OC)C(=O)CO. The first kappa shape index (κ1) is 26.3. The first-order chi connectivity index (χ1) is 17.7. The Bertz CT molecular complexity index is 1090. The number of nitrogens with one attached hydrogen (secondary N) is 1. The number of benzene rings is 1. The smallest absolute Gasteiger partial charge is 0.418 e. The van der Waals surface area contributed by atoms with Crippen LogP contribution in [0.1, 0.15) is 37.3 Å². The highest BCUT2D eigenvalue weighted by molar-refractivity contribution is 5.96. The lowest BCUT2D eigenvalue weighted by atomic mass is 9.66. The summed E-state index contributed by atoms with van der Waals surface area (Å²) >= 11 is 0. The van der Waals surface area contributed by atoms with E-state index in [-0.39, 0.29) is 30.7 Å². The Hall–Kier alpha value is -2.34. The largest absolute Gasteiger partial charge is 0.504 e. The summed E-state index contributed by atoms with van der Waals surface area (Å²) in [5, 5.41) is 12.8. The second-order valence-electron chi connectivity index (χ2n) is 10.1. The fraction of sp³-hybridized carbons (Fsp3) is 0.654. The number of anilines is 1. The van der Waals surface area contributed by atoms with Crippen LogP contribution in [0.2, 0.25) is 0 Å². The zero-order valence-corrected chi connectivity index (χ0v) is 21.2. The monoisotopic (exact) mass is 526 g/mol. The number of fused-ring (bicyclic) bond motifs is 2. The van der Waals surface area contributed by atoms with Gasteiger partial charge in [0.15, 0.2) is 11.5 Å². The summed E-state index contributed by atoms with van der Waals surface area (Å²) in [4.78, 5) is 15.0. The molecule has 0 amide bonds. The zero-order chi connectivity index (χ0) is 26.6. The van der Waals surface area contributed by atoms with Crippen LogP contribution in [0.15, 0.2) is 24.0 Å². The molecule has 3 fully saturated rings. The minimum absolute atomic E-state index is 0.0798. The highest BCUT2D eigenvalue weighted by Crippen LogP contribution is 2.63. The molecule has 1 aromatic carbocycles. The van der Waals surface area contributed by atoms with Gasteiger partial charge in [0.25, 0.3) is 0 Å². The molecule has 0 aromatic heterocycles. The number of piperidine rings is 2. The van der Waals surface area contributed by atoms with Gasteiger partial charge < -0.3 is 29.4 Å². The van der Waals surface area contributed by atoms with Crippen molar-refractivity contribution in [3.8, 4) is 5.75 Å². The lowest BCUT2D eigenvalue weighted by Gasteiger charge is -2.61. The molecule has 11 heteroatoms. The molecule has 3 saturated heterocycles. The molecule has 2 N–H and O–H groups in total. The van der Waals surface area contributed by atoms with Gasteiger partial charge in [-0.25, -0.2) is 0 Å². The van der Waals surface area contributed by atoms with E-state index in [1.54, 1.807) is 0 Å². The summed E-state index contributed by atoms with van der Waals surface area (Å²) in [6.07, 6.45) is -1.61. The van der Waals surface area contributed by atoms with Gasteiger partial charge in [-0.05, 0) is 36.8 Å². The average Bonchev–Trinajstić information content (AvgIpc) is 3.22. The maximum atomic E-state index is 14.2. The molecule has 0 aliphatic carbocycles. The van der Waals surface area contributed by atoms with Crippen LogP contribution in [0.5, 0.6) is 5.75 Å². The number of ketones is 1. The summed E-state index contributed by atoms with van der Waals surface area (Å²) < 4.78 is 66.2. The number of hydrogen-bond acceptors (Lipinski definition) is 8. The van der Waals surface area contributed by atoms with E-state index in [0.717, 1.165) is 12.5 Å². The van der Waals surface area contributed by atoms with Crippen LogP contribution in [0.3, 0.4) is 0 Å². The third-order valence-electron chi connectivity index (χ3n) is 8.58. The quantitative estimate of drug-likeness (QED) is 0.431. The summed E-state index contributed by atoms with van der Waals surface area (Å²) in [5.41, 5.74) is -2.69. The van der Waals surface area contributed by atoms with Crippen molar-refractivity contribution in [2.75, 3.05) is 52.4 Å². The molecular formula is C26H33F3N2O6. The van der Waals surface area contributed by atoms with Gasteiger partial charge in [-0.15, -0.1) is 0 Å². The number of nitrogens with zero attached hydrogens (tertiary/aromatic N) is 1. The standard InChI is InChI=1S/C26H33F3N2O6/c1-4-15-12-31-8-7-24-22-20(35-3)6-5-18(26(27,28)29)23(22)30-25(24,37-10-9-36-24)21(31)11-16(15)17(14-34-2)19(33)13-32/h5-6,14-16,21,30,32H,4,7-13H2,1-3H3/b17-14+/t15-,16+,21+,24+,25+/m1/s1. The number of ether oxygens (including phenoxy) is 4. The van der Waals surface area contributed by atoms with Gasteiger partial charge in [0.2, 0.25) is 0 Å². The number of methoxy groups -OCH3 is 2. The van der Waals surface area contributed by atoms with E-state index in [9.17, 15) is 23.1 Å². The van der Waals surface area contributed by atoms with E-state index in [1.165, 1.54) is 26.5 Å². The fourth-order valence-corrected chi connectivity index (χ4v) is 7.06. The van der Waals surface area contributed by atoms with E-state index in [0.29, 0.717) is 42.8 Å². The molecule has 4 aliphatic rings. The molecule has 0 bridgehead atoms. The Kier molecular flexibility index (Phi) is 6.71. The minimum atomic E-state index is -4.60. The van der Waals surface area contributed by atoms with Crippen LogP contribution in [0, 0.1) is 11.8 Å². The number of alkyl halides is 3. The van der Waals surface area contributed by atoms with Crippen molar-refractivity contribution in [3.63, 3.8) is 0 Å². The highest BCUT2D eigenvalue weighted by Gasteiger charge is 2.71. The van der Waals surface area contributed by atoms with Crippen LogP contribution < -0.4 is 10.1 Å². The van der Waals surface area contributed by atoms with Crippen molar-refractivity contribution >= 4 is 11.5 Å². The van der Waals surface area contributed by atoms with Crippen LogP contribution >= 0.6 is 0 Å². The molecule has 1 aromatic rings. The topological polar surface area (TPSA) is 89.5 Å². The maximum Gasteiger partial charge on any atom is 0.418 e. The number of aliphatic hydroxyl groups is 1. The normalized spacial score (nSPS) is 33.5. The second kappa shape index (κ2) is 9.44.